The molecule has 1 aliphatic heterocycles. The predicted molar refractivity (Wildman–Crippen MR) is 80.2 cm³/mol. The van der Waals surface area contributed by atoms with Crippen LogP contribution in [0.3, 0.4) is 0 Å². The van der Waals surface area contributed by atoms with Crippen molar-refractivity contribution < 1.29 is 14.3 Å². The smallest absolute Gasteiger partial charge is 0.246 e. The molecule has 1 saturated heterocycles. The van der Waals surface area contributed by atoms with Gasteiger partial charge in [-0.3, -0.25) is 4.79 Å². The number of rotatable bonds is 6. The van der Waals surface area contributed by atoms with E-state index in [1.54, 1.807) is 0 Å². The van der Waals surface area contributed by atoms with Crippen LogP contribution in [-0.4, -0.2) is 31.8 Å². The van der Waals surface area contributed by atoms with Crippen molar-refractivity contribution in [3.05, 3.63) is 34.9 Å². The third kappa shape index (κ3) is 4.05. The standard InChI is InChI=1S/C17H23NO3/c1-12-2-3-14(13-4-5-13)8-15(12)9-18-17(19)11-21-16-6-7-20-10-16/h2-3,8,13,16H,4-7,9-11H2,1H3,(H,18,19)/t16-/m1/s1. The minimum absolute atomic E-state index is 0.0573. The summed E-state index contributed by atoms with van der Waals surface area (Å²) in [6, 6.07) is 6.60. The molecule has 1 saturated carbocycles. The summed E-state index contributed by atoms with van der Waals surface area (Å²) in [5.74, 6) is 0.684. The molecule has 1 N–H and O–H groups in total. The van der Waals surface area contributed by atoms with Gasteiger partial charge in [0.05, 0.1) is 12.7 Å². The van der Waals surface area contributed by atoms with Crippen molar-refractivity contribution in [2.75, 3.05) is 19.8 Å². The van der Waals surface area contributed by atoms with Crippen molar-refractivity contribution >= 4 is 5.91 Å². The van der Waals surface area contributed by atoms with E-state index in [1.165, 1.54) is 29.5 Å². The highest BCUT2D eigenvalue weighted by atomic mass is 16.5. The highest BCUT2D eigenvalue weighted by molar-refractivity contribution is 5.77. The Balaban J connectivity index is 1.47. The molecule has 0 unspecified atom stereocenters. The summed E-state index contributed by atoms with van der Waals surface area (Å²) in [5, 5.41) is 2.95. The normalized spacial score (nSPS) is 21.5. The van der Waals surface area contributed by atoms with Crippen molar-refractivity contribution in [3.8, 4) is 0 Å². The number of hydrogen-bond donors (Lipinski definition) is 1. The number of hydrogen-bond acceptors (Lipinski definition) is 3. The molecule has 1 aliphatic carbocycles. The lowest BCUT2D eigenvalue weighted by molar-refractivity contribution is -0.127. The summed E-state index contributed by atoms with van der Waals surface area (Å²) < 4.78 is 10.7. The van der Waals surface area contributed by atoms with Gasteiger partial charge in [0, 0.05) is 13.2 Å². The fraction of sp³-hybridized carbons (Fsp3) is 0.588. The van der Waals surface area contributed by atoms with Crippen LogP contribution in [0.1, 0.15) is 41.9 Å². The number of carbonyl (C=O) groups excluding carboxylic acids is 1. The van der Waals surface area contributed by atoms with Gasteiger partial charge in [-0.05, 0) is 48.8 Å². The lowest BCUT2D eigenvalue weighted by Gasteiger charge is -2.12. The molecule has 0 radical (unpaired) electrons. The van der Waals surface area contributed by atoms with Crippen LogP contribution in [-0.2, 0) is 20.8 Å². The predicted octanol–water partition coefficient (Wildman–Crippen LogP) is 2.29. The van der Waals surface area contributed by atoms with Crippen molar-refractivity contribution in [3.63, 3.8) is 0 Å². The van der Waals surface area contributed by atoms with Crippen LogP contribution in [0.4, 0.5) is 0 Å². The Morgan fingerprint density at radius 3 is 2.95 bits per heavy atom. The summed E-state index contributed by atoms with van der Waals surface area (Å²) in [7, 11) is 0. The molecular formula is C17H23NO3. The van der Waals surface area contributed by atoms with Gasteiger partial charge in [-0.25, -0.2) is 0 Å². The Hall–Kier alpha value is -1.39. The van der Waals surface area contributed by atoms with E-state index in [0.29, 0.717) is 13.2 Å². The van der Waals surface area contributed by atoms with Crippen molar-refractivity contribution in [2.45, 2.75) is 44.8 Å². The van der Waals surface area contributed by atoms with Gasteiger partial charge < -0.3 is 14.8 Å². The zero-order chi connectivity index (χ0) is 14.7. The maximum atomic E-state index is 11.8. The molecule has 0 aromatic heterocycles. The molecule has 0 bridgehead atoms. The number of carbonyl (C=O) groups is 1. The third-order valence-electron chi connectivity index (χ3n) is 4.24. The van der Waals surface area contributed by atoms with Crippen LogP contribution in [0.15, 0.2) is 18.2 Å². The quantitative estimate of drug-likeness (QED) is 0.874. The van der Waals surface area contributed by atoms with Gasteiger partial charge in [0.2, 0.25) is 5.91 Å². The van der Waals surface area contributed by atoms with Gasteiger partial charge in [0.15, 0.2) is 0 Å². The molecule has 114 valence electrons. The average molecular weight is 289 g/mol. The van der Waals surface area contributed by atoms with Crippen molar-refractivity contribution in [1.82, 2.24) is 5.32 Å². The van der Waals surface area contributed by atoms with E-state index in [4.69, 9.17) is 9.47 Å². The molecule has 1 atom stereocenters. The second-order valence-electron chi connectivity index (χ2n) is 6.03. The molecule has 3 rings (SSSR count). The summed E-state index contributed by atoms with van der Waals surface area (Å²) in [4.78, 5) is 11.8. The molecule has 21 heavy (non-hydrogen) atoms. The highest BCUT2D eigenvalue weighted by Crippen LogP contribution is 2.40. The fourth-order valence-corrected chi connectivity index (χ4v) is 2.64. The van der Waals surface area contributed by atoms with Crippen molar-refractivity contribution in [2.24, 2.45) is 0 Å². The zero-order valence-corrected chi connectivity index (χ0v) is 12.6. The van der Waals surface area contributed by atoms with Gasteiger partial charge in [0.1, 0.15) is 6.61 Å². The van der Waals surface area contributed by atoms with Gasteiger partial charge in [-0.15, -0.1) is 0 Å². The van der Waals surface area contributed by atoms with Crippen LogP contribution in [0.25, 0.3) is 0 Å². The van der Waals surface area contributed by atoms with Crippen LogP contribution in [0, 0.1) is 6.92 Å². The number of amides is 1. The molecule has 1 heterocycles. The number of aryl methyl sites for hydroxylation is 1. The second-order valence-corrected chi connectivity index (χ2v) is 6.03. The van der Waals surface area contributed by atoms with Gasteiger partial charge >= 0.3 is 0 Å². The first kappa shape index (κ1) is 14.5. The number of benzene rings is 1. The van der Waals surface area contributed by atoms with E-state index >= 15 is 0 Å². The van der Waals surface area contributed by atoms with Crippen LogP contribution < -0.4 is 5.32 Å². The van der Waals surface area contributed by atoms with E-state index in [1.807, 2.05) is 0 Å². The largest absolute Gasteiger partial charge is 0.379 e. The number of ether oxygens (including phenoxy) is 2. The zero-order valence-electron chi connectivity index (χ0n) is 12.6. The van der Waals surface area contributed by atoms with E-state index in [2.05, 4.69) is 30.4 Å². The lowest BCUT2D eigenvalue weighted by atomic mass is 10.0. The van der Waals surface area contributed by atoms with Crippen LogP contribution in [0.5, 0.6) is 0 Å². The highest BCUT2D eigenvalue weighted by Gasteiger charge is 2.23. The van der Waals surface area contributed by atoms with E-state index in [9.17, 15) is 4.79 Å². The first-order valence-electron chi connectivity index (χ1n) is 7.78. The fourth-order valence-electron chi connectivity index (χ4n) is 2.64. The Labute approximate surface area is 125 Å². The van der Waals surface area contributed by atoms with Crippen LogP contribution in [0.2, 0.25) is 0 Å². The molecule has 2 fully saturated rings. The molecule has 1 amide bonds. The molecule has 1 aromatic carbocycles. The topological polar surface area (TPSA) is 47.6 Å². The lowest BCUT2D eigenvalue weighted by Crippen LogP contribution is -2.29. The SMILES string of the molecule is Cc1ccc(C2CC2)cc1CNC(=O)CO[C@@H]1CCOC1. The second kappa shape index (κ2) is 6.58. The van der Waals surface area contributed by atoms with Gasteiger partial charge in [-0.1, -0.05) is 18.2 Å². The molecule has 4 heteroatoms. The first-order chi connectivity index (χ1) is 10.2. The molecule has 4 nitrogen and oxygen atoms in total. The summed E-state index contributed by atoms with van der Waals surface area (Å²) in [6.45, 7) is 4.13. The minimum atomic E-state index is -0.0573. The molecular weight excluding hydrogens is 266 g/mol. The Morgan fingerprint density at radius 2 is 2.24 bits per heavy atom. The Kier molecular flexibility index (Phi) is 4.56. The van der Waals surface area contributed by atoms with Gasteiger partial charge in [0.25, 0.3) is 0 Å². The monoisotopic (exact) mass is 289 g/mol. The maximum Gasteiger partial charge on any atom is 0.246 e. The summed E-state index contributed by atoms with van der Waals surface area (Å²) in [5.41, 5.74) is 3.84. The first-order valence-corrected chi connectivity index (χ1v) is 7.78. The van der Waals surface area contributed by atoms with E-state index in [0.717, 1.165) is 18.9 Å². The van der Waals surface area contributed by atoms with Crippen molar-refractivity contribution in [1.29, 1.82) is 0 Å². The molecule has 2 aliphatic rings. The third-order valence-corrected chi connectivity index (χ3v) is 4.24. The van der Waals surface area contributed by atoms with Gasteiger partial charge in [-0.2, -0.15) is 0 Å². The average Bonchev–Trinajstić information content (AvgIpc) is 3.20. The maximum absolute atomic E-state index is 11.8. The Morgan fingerprint density at radius 1 is 1.38 bits per heavy atom. The Bertz CT molecular complexity index is 505. The van der Waals surface area contributed by atoms with E-state index in [-0.39, 0.29) is 18.6 Å². The van der Waals surface area contributed by atoms with E-state index < -0.39 is 0 Å². The van der Waals surface area contributed by atoms with Crippen LogP contribution >= 0.6 is 0 Å². The summed E-state index contributed by atoms with van der Waals surface area (Å²) >= 11 is 0. The summed E-state index contributed by atoms with van der Waals surface area (Å²) in [6.07, 6.45) is 3.56. The number of nitrogens with one attached hydrogen (secondary N) is 1. The molecule has 0 spiro atoms. The molecule has 1 aromatic rings. The minimum Gasteiger partial charge on any atom is -0.379 e.